The maximum atomic E-state index is 5.62. The van der Waals surface area contributed by atoms with Crippen LogP contribution in [0.1, 0.15) is 30.5 Å². The second-order valence-electron chi connectivity index (χ2n) is 4.51. The molecule has 2 unspecified atom stereocenters. The van der Waals surface area contributed by atoms with Crippen molar-refractivity contribution in [2.75, 3.05) is 21.3 Å². The van der Waals surface area contributed by atoms with Crippen LogP contribution in [0.25, 0.3) is 0 Å². The minimum Gasteiger partial charge on any atom is -0.496 e. The summed E-state index contributed by atoms with van der Waals surface area (Å²) in [6.07, 6.45) is 1.13. The van der Waals surface area contributed by atoms with E-state index in [1.807, 2.05) is 24.9 Å². The first-order chi connectivity index (χ1) is 9.17. The van der Waals surface area contributed by atoms with Crippen molar-refractivity contribution in [1.29, 1.82) is 0 Å². The van der Waals surface area contributed by atoms with Gasteiger partial charge in [0.1, 0.15) is 11.5 Å². The normalized spacial score (nSPS) is 21.9. The Morgan fingerprint density at radius 2 is 2.16 bits per heavy atom. The average molecular weight is 346 g/mol. The summed E-state index contributed by atoms with van der Waals surface area (Å²) >= 11 is 5.57. The lowest BCUT2D eigenvalue weighted by molar-refractivity contribution is 0.382. The van der Waals surface area contributed by atoms with E-state index in [9.17, 15) is 0 Å². The Morgan fingerprint density at radius 1 is 1.42 bits per heavy atom. The van der Waals surface area contributed by atoms with Gasteiger partial charge in [0.15, 0.2) is 0 Å². The molecule has 1 heterocycles. The van der Waals surface area contributed by atoms with E-state index in [0.717, 1.165) is 28.1 Å². The molecule has 0 fully saturated rings. The zero-order chi connectivity index (χ0) is 14.0. The molecule has 2 rings (SSSR count). The molecule has 0 saturated heterocycles. The average Bonchev–Trinajstić information content (AvgIpc) is 2.44. The fourth-order valence-electron chi connectivity index (χ4n) is 2.69. The first-order valence-electron chi connectivity index (χ1n) is 6.40. The molecule has 106 valence electrons. The Hall–Kier alpha value is -0.390. The third-order valence-electron chi connectivity index (χ3n) is 3.60. The number of fused-ring (bicyclic) bond motifs is 1. The Kier molecular flexibility index (Phi) is 5.03. The molecule has 3 nitrogen and oxygen atoms in total. The first-order valence-corrected chi connectivity index (χ1v) is 8.24. The van der Waals surface area contributed by atoms with Gasteiger partial charge >= 0.3 is 0 Å². The largest absolute Gasteiger partial charge is 0.496 e. The van der Waals surface area contributed by atoms with E-state index in [0.29, 0.717) is 11.3 Å². The number of halogens is 1. The monoisotopic (exact) mass is 345 g/mol. The minimum absolute atomic E-state index is 0.292. The molecule has 1 aromatic carbocycles. The predicted octanol–water partition coefficient (Wildman–Crippen LogP) is 3.75. The van der Waals surface area contributed by atoms with Gasteiger partial charge in [-0.2, -0.15) is 11.8 Å². The van der Waals surface area contributed by atoms with E-state index >= 15 is 0 Å². The zero-order valence-corrected chi connectivity index (χ0v) is 14.2. The maximum Gasteiger partial charge on any atom is 0.138 e. The van der Waals surface area contributed by atoms with Crippen molar-refractivity contribution in [3.05, 3.63) is 21.7 Å². The van der Waals surface area contributed by atoms with Crippen LogP contribution in [0.5, 0.6) is 11.5 Å². The van der Waals surface area contributed by atoms with Crippen molar-refractivity contribution in [3.63, 3.8) is 0 Å². The van der Waals surface area contributed by atoms with Crippen molar-refractivity contribution in [3.8, 4) is 11.5 Å². The van der Waals surface area contributed by atoms with Gasteiger partial charge in [-0.15, -0.1) is 0 Å². The number of nitrogens with one attached hydrogen (secondary N) is 1. The molecule has 1 N–H and O–H groups in total. The summed E-state index contributed by atoms with van der Waals surface area (Å²) in [5.74, 6) is 2.83. The molecule has 0 spiro atoms. The molecule has 0 radical (unpaired) electrons. The quantitative estimate of drug-likeness (QED) is 0.900. The topological polar surface area (TPSA) is 30.5 Å². The smallest absolute Gasteiger partial charge is 0.138 e. The summed E-state index contributed by atoms with van der Waals surface area (Å²) in [7, 11) is 5.46. The summed E-state index contributed by atoms with van der Waals surface area (Å²) in [6.45, 7) is 2.23. The number of ether oxygens (including phenoxy) is 2. The number of rotatable bonds is 4. The summed E-state index contributed by atoms with van der Waals surface area (Å²) in [5, 5.41) is 4.00. The number of hydrogen-bond acceptors (Lipinski definition) is 4. The Balaban J connectivity index is 2.63. The molecular formula is C14H20BrNO2S. The molecule has 1 aromatic rings. The lowest BCUT2D eigenvalue weighted by Gasteiger charge is -2.34. The molecule has 19 heavy (non-hydrogen) atoms. The van der Waals surface area contributed by atoms with Gasteiger partial charge in [0, 0.05) is 28.2 Å². The summed E-state index contributed by atoms with van der Waals surface area (Å²) in [4.78, 5) is 0. The van der Waals surface area contributed by atoms with Gasteiger partial charge in [0.25, 0.3) is 0 Å². The van der Waals surface area contributed by atoms with E-state index in [4.69, 9.17) is 9.47 Å². The molecule has 1 aliphatic rings. The highest BCUT2D eigenvalue weighted by atomic mass is 79.9. The van der Waals surface area contributed by atoms with Crippen molar-refractivity contribution in [2.24, 2.45) is 0 Å². The van der Waals surface area contributed by atoms with Crippen LogP contribution in [0.4, 0.5) is 0 Å². The molecule has 5 heteroatoms. The molecule has 0 saturated carbocycles. The van der Waals surface area contributed by atoms with Crippen LogP contribution >= 0.6 is 27.7 Å². The number of methoxy groups -OCH3 is 2. The number of hydrogen-bond donors (Lipinski definition) is 1. The van der Waals surface area contributed by atoms with Gasteiger partial charge in [0.05, 0.1) is 18.7 Å². The van der Waals surface area contributed by atoms with Gasteiger partial charge in [-0.25, -0.2) is 0 Å². The van der Waals surface area contributed by atoms with Crippen LogP contribution in [0, 0.1) is 0 Å². The third kappa shape index (κ3) is 2.60. The van der Waals surface area contributed by atoms with Gasteiger partial charge < -0.3 is 14.8 Å². The van der Waals surface area contributed by atoms with Gasteiger partial charge in [-0.05, 0) is 35.5 Å². The van der Waals surface area contributed by atoms with Gasteiger partial charge in [-0.3, -0.25) is 0 Å². The molecule has 0 bridgehead atoms. The predicted molar refractivity (Wildman–Crippen MR) is 84.4 cm³/mol. The fourth-order valence-corrected chi connectivity index (χ4v) is 4.65. The minimum atomic E-state index is 0.292. The van der Waals surface area contributed by atoms with Crippen molar-refractivity contribution < 1.29 is 9.47 Å². The van der Waals surface area contributed by atoms with E-state index in [2.05, 4.69) is 28.2 Å². The van der Waals surface area contributed by atoms with Crippen molar-refractivity contribution in [2.45, 2.75) is 30.4 Å². The highest BCUT2D eigenvalue weighted by molar-refractivity contribution is 9.10. The molecule has 1 aliphatic heterocycles. The molecule has 0 aliphatic carbocycles. The first kappa shape index (κ1) is 15.0. The summed E-state index contributed by atoms with van der Waals surface area (Å²) < 4.78 is 12.1. The highest BCUT2D eigenvalue weighted by Crippen LogP contribution is 2.49. The van der Waals surface area contributed by atoms with E-state index in [-0.39, 0.29) is 0 Å². The van der Waals surface area contributed by atoms with Crippen LogP contribution in [-0.4, -0.2) is 26.5 Å². The van der Waals surface area contributed by atoms with Crippen LogP contribution in [0.15, 0.2) is 10.5 Å². The SMILES string of the molecule is CCC1SCc2c(OC)cc(Br)c(OC)c2C1NC. The lowest BCUT2D eigenvalue weighted by atomic mass is 9.94. The molecule has 2 atom stereocenters. The second-order valence-corrected chi connectivity index (χ2v) is 6.59. The standard InChI is InChI=1S/C14H20BrNO2S/c1-5-11-13(16-2)12-8(7-19-11)10(17-3)6-9(15)14(12)18-4/h6,11,13,16H,5,7H2,1-4H3. The molecule has 0 amide bonds. The van der Waals surface area contributed by atoms with E-state index in [1.165, 1.54) is 11.1 Å². The van der Waals surface area contributed by atoms with E-state index < -0.39 is 0 Å². The zero-order valence-electron chi connectivity index (χ0n) is 11.7. The third-order valence-corrected chi connectivity index (χ3v) is 5.68. The van der Waals surface area contributed by atoms with Crippen LogP contribution < -0.4 is 14.8 Å². The summed E-state index contributed by atoms with van der Waals surface area (Å²) in [6, 6.07) is 2.29. The lowest BCUT2D eigenvalue weighted by Crippen LogP contribution is -2.31. The van der Waals surface area contributed by atoms with Gasteiger partial charge in [-0.1, -0.05) is 6.92 Å². The Bertz CT molecular complexity index is 467. The highest BCUT2D eigenvalue weighted by Gasteiger charge is 2.33. The Labute approximate surface area is 127 Å². The van der Waals surface area contributed by atoms with Crippen LogP contribution in [-0.2, 0) is 5.75 Å². The van der Waals surface area contributed by atoms with Crippen LogP contribution in [0.3, 0.4) is 0 Å². The van der Waals surface area contributed by atoms with E-state index in [1.54, 1.807) is 14.2 Å². The van der Waals surface area contributed by atoms with Crippen molar-refractivity contribution in [1.82, 2.24) is 5.32 Å². The molecular weight excluding hydrogens is 326 g/mol. The second kappa shape index (κ2) is 6.37. The van der Waals surface area contributed by atoms with Crippen molar-refractivity contribution >= 4 is 27.7 Å². The summed E-state index contributed by atoms with van der Waals surface area (Å²) in [5.41, 5.74) is 2.48. The molecule has 0 aromatic heterocycles. The number of benzene rings is 1. The fraction of sp³-hybridized carbons (Fsp3) is 0.571. The van der Waals surface area contributed by atoms with Gasteiger partial charge in [0.2, 0.25) is 0 Å². The number of thioether (sulfide) groups is 1. The Morgan fingerprint density at radius 3 is 2.68 bits per heavy atom. The van der Waals surface area contributed by atoms with Crippen LogP contribution in [0.2, 0.25) is 0 Å². The maximum absolute atomic E-state index is 5.62.